The normalized spacial score (nSPS) is 26.9. The molecule has 4 nitrogen and oxygen atoms in total. The Kier molecular flexibility index (Phi) is 7.59. The highest BCUT2D eigenvalue weighted by Crippen LogP contribution is 2.77. The second-order valence-corrected chi connectivity index (χ2v) is 24.2. The molecule has 5 saturated carbocycles. The fourth-order valence-corrected chi connectivity index (χ4v) is 18.9. The number of para-hydroxylation sites is 1. The van der Waals surface area contributed by atoms with Crippen LogP contribution in [-0.2, 0) is 0 Å². The highest BCUT2D eigenvalue weighted by Gasteiger charge is 2.66. The first kappa shape index (κ1) is 39.9. The summed E-state index contributed by atoms with van der Waals surface area (Å²) >= 11 is 0. The summed E-state index contributed by atoms with van der Waals surface area (Å²) in [5, 5.41) is 30.5. The topological polar surface area (TPSA) is 56.9 Å². The van der Waals surface area contributed by atoms with Crippen molar-refractivity contribution in [1.82, 2.24) is 8.97 Å². The van der Waals surface area contributed by atoms with E-state index in [4.69, 9.17) is 0 Å². The zero-order valence-electron chi connectivity index (χ0n) is 40.8. The van der Waals surface area contributed by atoms with Crippen LogP contribution in [0.15, 0.2) is 146 Å². The van der Waals surface area contributed by atoms with Crippen molar-refractivity contribution in [3.8, 4) is 51.2 Å². The molecule has 0 saturated heterocycles. The average molecular weight is 937 g/mol. The number of nitrogens with zero attached hydrogens (tertiary/aromatic N) is 4. The molecule has 11 aromatic rings. The van der Waals surface area contributed by atoms with E-state index >= 15 is 0 Å². The van der Waals surface area contributed by atoms with Crippen molar-refractivity contribution < 1.29 is 0 Å². The van der Waals surface area contributed by atoms with Crippen molar-refractivity contribution in [2.24, 2.45) is 29.1 Å². The molecule has 1 spiro atoms. The largest absolute Gasteiger partial charge is 0.309 e. The lowest BCUT2D eigenvalue weighted by atomic mass is 9.56. The maximum atomic E-state index is 11.4. The van der Waals surface area contributed by atoms with Crippen LogP contribution < -0.4 is 0 Å². The first-order valence-corrected chi connectivity index (χ1v) is 27.5. The van der Waals surface area contributed by atoms with Crippen LogP contribution in [0.3, 0.4) is 0 Å². The molecular weight excluding hydrogens is 885 g/mol. The van der Waals surface area contributed by atoms with Gasteiger partial charge in [0.05, 0.1) is 50.8 Å². The van der Waals surface area contributed by atoms with Gasteiger partial charge in [-0.2, -0.15) is 10.5 Å². The summed E-state index contributed by atoms with van der Waals surface area (Å²) in [5.74, 6) is 4.83. The van der Waals surface area contributed by atoms with E-state index in [1.165, 1.54) is 180 Å². The maximum absolute atomic E-state index is 11.4. The first-order chi connectivity index (χ1) is 36.0. The predicted octanol–water partition coefficient (Wildman–Crippen LogP) is 17.5. The Morgan fingerprint density at radius 3 is 1.70 bits per heavy atom. The van der Waals surface area contributed by atoms with Gasteiger partial charge in [0.15, 0.2) is 0 Å². The number of hydrogen-bond acceptors (Lipinski definition) is 2. The monoisotopic (exact) mass is 936 g/mol. The van der Waals surface area contributed by atoms with Gasteiger partial charge in [0.2, 0.25) is 0 Å². The quantitative estimate of drug-likeness (QED) is 0.177. The molecule has 7 unspecified atom stereocenters. The molecule has 348 valence electrons. The van der Waals surface area contributed by atoms with Crippen molar-refractivity contribution in [2.75, 3.05) is 0 Å². The van der Waals surface area contributed by atoms with Crippen LogP contribution in [0, 0.1) is 51.7 Å². The van der Waals surface area contributed by atoms with E-state index in [1.807, 2.05) is 0 Å². The zero-order chi connectivity index (χ0) is 47.6. The third-order valence-corrected chi connectivity index (χ3v) is 21.1. The number of hydrogen-bond donors (Lipinski definition) is 0. The predicted molar refractivity (Wildman–Crippen MR) is 295 cm³/mol. The maximum Gasteiger partial charge on any atom is 0.0995 e. The Labute approximate surface area is 424 Å². The summed E-state index contributed by atoms with van der Waals surface area (Å²) in [4.78, 5) is 0. The highest BCUT2D eigenvalue weighted by atomic mass is 15.0. The van der Waals surface area contributed by atoms with Crippen molar-refractivity contribution in [3.05, 3.63) is 179 Å². The van der Waals surface area contributed by atoms with Crippen LogP contribution in [0.25, 0.3) is 99.0 Å². The molecule has 3 aromatic heterocycles. The summed E-state index contributed by atoms with van der Waals surface area (Å²) in [6.45, 7) is 0. The summed E-state index contributed by atoms with van der Waals surface area (Å²) in [7, 11) is 0. The van der Waals surface area contributed by atoms with Gasteiger partial charge in [0, 0.05) is 43.6 Å². The smallest absolute Gasteiger partial charge is 0.0995 e. The standard InChI is InChI=1S/C69H52N4/c70-35-47-30-58-65(63-43-23-37-20-38(24-43)22-42(21-37)60(47)63)55-28-44(29-56-66-59(73(58)67(55)56)31-48(36-71)61-45-25-49-32-50-26-46(64(61)66)34-69(49,50)33-45)62-52(40-12-5-2-6-13-40)18-19-54-53-16-7-8-17-57(53)72(68(54)62)51-15-9-14-41(27-51)39-10-3-1-4-11-39/h1-19,27-31,37-38,42-43,45-46,49-50H,20-26,32-34H2. The van der Waals surface area contributed by atoms with Crippen molar-refractivity contribution >= 4 is 59.9 Å². The van der Waals surface area contributed by atoms with Crippen LogP contribution in [0.2, 0.25) is 0 Å². The minimum atomic E-state index is 0.430. The Morgan fingerprint density at radius 2 is 1.01 bits per heavy atom. The van der Waals surface area contributed by atoms with Gasteiger partial charge in [0.25, 0.3) is 0 Å². The van der Waals surface area contributed by atoms with Gasteiger partial charge >= 0.3 is 0 Å². The lowest BCUT2D eigenvalue weighted by Gasteiger charge is -2.48. The molecule has 0 amide bonds. The van der Waals surface area contributed by atoms with Gasteiger partial charge < -0.3 is 8.97 Å². The molecule has 8 aromatic carbocycles. The summed E-state index contributed by atoms with van der Waals surface area (Å²) in [5.41, 5.74) is 22.5. The fraction of sp³-hybridized carbons (Fsp3) is 0.275. The Balaban J connectivity index is 1.03. The van der Waals surface area contributed by atoms with Crippen LogP contribution >= 0.6 is 0 Å². The van der Waals surface area contributed by atoms with Gasteiger partial charge in [-0.25, -0.2) is 0 Å². The van der Waals surface area contributed by atoms with Gasteiger partial charge in [-0.05, 0) is 210 Å². The summed E-state index contributed by atoms with van der Waals surface area (Å²) in [6, 6.07) is 60.4. The van der Waals surface area contributed by atoms with Gasteiger partial charge in [-0.1, -0.05) is 103 Å². The summed E-state index contributed by atoms with van der Waals surface area (Å²) in [6.07, 6.45) is 12.6. The van der Waals surface area contributed by atoms with Crippen molar-refractivity contribution in [3.63, 3.8) is 0 Å². The van der Waals surface area contributed by atoms with Gasteiger partial charge in [-0.15, -0.1) is 0 Å². The van der Waals surface area contributed by atoms with E-state index in [-0.39, 0.29) is 0 Å². The second kappa shape index (κ2) is 13.9. The molecule has 5 fully saturated rings. The Bertz CT molecular complexity index is 4350. The van der Waals surface area contributed by atoms with E-state index in [9.17, 15) is 10.5 Å². The van der Waals surface area contributed by atoms with E-state index in [0.29, 0.717) is 29.1 Å². The molecule has 7 atom stereocenters. The van der Waals surface area contributed by atoms with E-state index in [2.05, 4.69) is 167 Å². The third kappa shape index (κ3) is 4.97. The molecule has 8 aliphatic rings. The number of rotatable bonds is 4. The molecule has 3 heterocycles. The Hall–Kier alpha value is -7.66. The lowest BCUT2D eigenvalue weighted by molar-refractivity contribution is 0.00322. The van der Waals surface area contributed by atoms with Gasteiger partial charge in [-0.3, -0.25) is 0 Å². The molecule has 4 heteroatoms. The third-order valence-electron chi connectivity index (χ3n) is 21.1. The molecule has 19 rings (SSSR count). The minimum absolute atomic E-state index is 0.430. The Morgan fingerprint density at radius 1 is 0.425 bits per heavy atom. The van der Waals surface area contributed by atoms with Crippen LogP contribution in [0.5, 0.6) is 0 Å². The molecule has 7 bridgehead atoms. The van der Waals surface area contributed by atoms with E-state index in [1.54, 1.807) is 0 Å². The fourth-order valence-electron chi connectivity index (χ4n) is 18.9. The minimum Gasteiger partial charge on any atom is -0.309 e. The van der Waals surface area contributed by atoms with Crippen molar-refractivity contribution in [1.29, 1.82) is 10.5 Å². The van der Waals surface area contributed by atoms with E-state index in [0.717, 1.165) is 40.5 Å². The summed E-state index contributed by atoms with van der Waals surface area (Å²) < 4.78 is 5.14. The number of aromatic nitrogens is 2. The lowest BCUT2D eigenvalue weighted by Crippen LogP contribution is -2.41. The molecule has 73 heavy (non-hydrogen) atoms. The molecular formula is C69H52N4. The SMILES string of the molecule is N#Cc1cc2c(c3c1C1CC4CC(C1)CC3C4)c1cc(-c3c(-c4ccccc4)ccc4c5ccccc5n(-c5cccc(-c6ccccc6)c5)c34)cc3c4c5c(c(C#N)cc4n2c13)C1CC2CC3CC5CC23C1. The van der Waals surface area contributed by atoms with Crippen LogP contribution in [0.4, 0.5) is 0 Å². The molecule has 0 radical (unpaired) electrons. The van der Waals surface area contributed by atoms with Crippen LogP contribution in [0.1, 0.15) is 121 Å². The molecule has 0 N–H and O–H groups in total. The van der Waals surface area contributed by atoms with E-state index < -0.39 is 0 Å². The van der Waals surface area contributed by atoms with Crippen molar-refractivity contribution in [2.45, 2.75) is 87.9 Å². The highest BCUT2D eigenvalue weighted by molar-refractivity contribution is 6.28. The zero-order valence-corrected chi connectivity index (χ0v) is 40.8. The number of fused-ring (bicyclic) bond motifs is 15. The van der Waals surface area contributed by atoms with Crippen LogP contribution in [-0.4, -0.2) is 8.97 Å². The number of benzene rings is 8. The second-order valence-electron chi connectivity index (χ2n) is 24.2. The average Bonchev–Trinajstić information content (AvgIpc) is 4.16. The number of nitriles is 2. The first-order valence-electron chi connectivity index (χ1n) is 27.5. The van der Waals surface area contributed by atoms with Gasteiger partial charge in [0.1, 0.15) is 0 Å². The molecule has 8 aliphatic carbocycles. The molecule has 0 aliphatic heterocycles.